The van der Waals surface area contributed by atoms with Crippen LogP contribution in [0.3, 0.4) is 0 Å². The van der Waals surface area contributed by atoms with E-state index in [0.29, 0.717) is 35.0 Å². The summed E-state index contributed by atoms with van der Waals surface area (Å²) in [5.74, 6) is 0.455. The van der Waals surface area contributed by atoms with E-state index in [4.69, 9.17) is 9.47 Å². The third kappa shape index (κ3) is 6.17. The lowest BCUT2D eigenvalue weighted by Gasteiger charge is -2.20. The Kier molecular flexibility index (Phi) is 7.94. The molecular weight excluding hydrogens is 537 g/mol. The van der Waals surface area contributed by atoms with E-state index in [1.54, 1.807) is 50.2 Å². The van der Waals surface area contributed by atoms with Gasteiger partial charge in [0, 0.05) is 31.0 Å². The molecule has 41 heavy (non-hydrogen) atoms. The van der Waals surface area contributed by atoms with Crippen LogP contribution < -0.4 is 25.4 Å². The molecule has 2 aliphatic heterocycles. The molecule has 3 heterocycles. The number of ether oxygens (including phenoxy) is 2. The molecule has 3 N–H and O–H groups in total. The van der Waals surface area contributed by atoms with Crippen molar-refractivity contribution in [1.82, 2.24) is 14.9 Å². The first-order chi connectivity index (χ1) is 19.6. The monoisotopic (exact) mass is 570 g/mol. The highest BCUT2D eigenvalue weighted by Gasteiger charge is 2.40. The number of fused-ring (bicyclic) bond motifs is 1. The van der Waals surface area contributed by atoms with Crippen LogP contribution in [0, 0.1) is 0 Å². The number of hydrogen-bond donors (Lipinski definition) is 3. The highest BCUT2D eigenvalue weighted by atomic mass is 19.4. The second kappa shape index (κ2) is 11.4. The average molecular weight is 571 g/mol. The van der Waals surface area contributed by atoms with Crippen molar-refractivity contribution in [3.8, 4) is 11.5 Å². The van der Waals surface area contributed by atoms with Gasteiger partial charge in [-0.15, -0.1) is 0 Å². The molecule has 1 amide bonds. The van der Waals surface area contributed by atoms with Crippen LogP contribution in [-0.2, 0) is 22.9 Å². The molecule has 0 bridgehead atoms. The molecule has 0 unspecified atom stereocenters. The van der Waals surface area contributed by atoms with Crippen LogP contribution in [0.2, 0.25) is 0 Å². The van der Waals surface area contributed by atoms with E-state index >= 15 is 0 Å². The van der Waals surface area contributed by atoms with Crippen molar-refractivity contribution in [3.63, 3.8) is 0 Å². The minimum Gasteiger partial charge on any atom is -0.494 e. The van der Waals surface area contributed by atoms with E-state index in [-0.39, 0.29) is 24.2 Å². The van der Waals surface area contributed by atoms with E-state index < -0.39 is 17.2 Å². The van der Waals surface area contributed by atoms with Gasteiger partial charge in [0.2, 0.25) is 11.9 Å². The number of rotatable bonds is 10. The minimum absolute atomic E-state index is 0.0217. The number of halogens is 3. The van der Waals surface area contributed by atoms with Gasteiger partial charge in [-0.2, -0.15) is 18.2 Å². The summed E-state index contributed by atoms with van der Waals surface area (Å²) in [4.78, 5) is 22.9. The van der Waals surface area contributed by atoms with Crippen molar-refractivity contribution in [3.05, 3.63) is 59.3 Å². The fourth-order valence-electron chi connectivity index (χ4n) is 5.23. The van der Waals surface area contributed by atoms with Gasteiger partial charge in [0.15, 0.2) is 0 Å². The zero-order valence-electron chi connectivity index (χ0n) is 23.2. The van der Waals surface area contributed by atoms with Crippen molar-refractivity contribution < 1.29 is 27.4 Å². The number of likely N-dealkylation sites (tertiary alicyclic amines) is 1. The molecule has 0 saturated carbocycles. The lowest BCUT2D eigenvalue weighted by molar-refractivity contribution is -0.137. The van der Waals surface area contributed by atoms with Gasteiger partial charge >= 0.3 is 6.18 Å². The maximum absolute atomic E-state index is 13.9. The molecule has 0 radical (unpaired) electrons. The molecule has 0 aliphatic carbocycles. The highest BCUT2D eigenvalue weighted by Crippen LogP contribution is 2.40. The largest absolute Gasteiger partial charge is 0.494 e. The Morgan fingerprint density at radius 1 is 1.15 bits per heavy atom. The zero-order chi connectivity index (χ0) is 29.2. The Morgan fingerprint density at radius 3 is 2.66 bits per heavy atom. The molecular formula is C29H33F3N6O3. The van der Waals surface area contributed by atoms with Gasteiger partial charge in [0.05, 0.1) is 18.2 Å². The van der Waals surface area contributed by atoms with Crippen LogP contribution in [0.5, 0.6) is 11.5 Å². The van der Waals surface area contributed by atoms with Crippen LogP contribution >= 0.6 is 0 Å². The van der Waals surface area contributed by atoms with Crippen molar-refractivity contribution >= 4 is 29.0 Å². The van der Waals surface area contributed by atoms with Gasteiger partial charge in [-0.3, -0.25) is 9.69 Å². The van der Waals surface area contributed by atoms with Crippen LogP contribution in [0.25, 0.3) is 0 Å². The molecule has 2 aliphatic rings. The molecule has 0 spiro atoms. The molecule has 5 rings (SSSR count). The van der Waals surface area contributed by atoms with E-state index in [1.165, 1.54) is 20.0 Å². The van der Waals surface area contributed by atoms with Crippen LogP contribution in [-0.4, -0.2) is 54.1 Å². The average Bonchev–Trinajstić information content (AvgIpc) is 3.53. The number of carbonyl (C=O) groups excluding carboxylic acids is 1. The minimum atomic E-state index is -4.68. The van der Waals surface area contributed by atoms with Gasteiger partial charge in [-0.1, -0.05) is 12.1 Å². The summed E-state index contributed by atoms with van der Waals surface area (Å²) < 4.78 is 52.9. The Morgan fingerprint density at radius 2 is 1.93 bits per heavy atom. The van der Waals surface area contributed by atoms with Gasteiger partial charge in [0.25, 0.3) is 0 Å². The highest BCUT2D eigenvalue weighted by molar-refractivity contribution is 6.06. The Bertz CT molecular complexity index is 1420. The van der Waals surface area contributed by atoms with Gasteiger partial charge < -0.3 is 25.4 Å². The summed E-state index contributed by atoms with van der Waals surface area (Å²) in [5, 5.41) is 8.61. The first-order valence-electron chi connectivity index (χ1n) is 13.5. The molecule has 218 valence electrons. The number of benzene rings is 2. The van der Waals surface area contributed by atoms with Crippen molar-refractivity contribution in [2.45, 2.75) is 44.8 Å². The number of alkyl halides is 3. The van der Waals surface area contributed by atoms with Gasteiger partial charge in [0.1, 0.15) is 29.5 Å². The molecule has 12 heteroatoms. The first kappa shape index (κ1) is 28.5. The third-order valence-corrected chi connectivity index (χ3v) is 7.43. The maximum atomic E-state index is 13.9. The van der Waals surface area contributed by atoms with Crippen LogP contribution in [0.4, 0.5) is 36.3 Å². The van der Waals surface area contributed by atoms with Crippen LogP contribution in [0.1, 0.15) is 43.4 Å². The second-order valence-electron chi connectivity index (χ2n) is 10.6. The summed E-state index contributed by atoms with van der Waals surface area (Å²) in [7, 11) is 1.49. The molecule has 1 saturated heterocycles. The second-order valence-corrected chi connectivity index (χ2v) is 10.6. The predicted octanol–water partition coefficient (Wildman–Crippen LogP) is 5.56. The van der Waals surface area contributed by atoms with E-state index in [9.17, 15) is 18.0 Å². The quantitative estimate of drug-likeness (QED) is 0.291. The van der Waals surface area contributed by atoms with Gasteiger partial charge in [-0.05, 0) is 69.1 Å². The molecule has 3 aromatic rings. The fraction of sp³-hybridized carbons (Fsp3) is 0.414. The summed E-state index contributed by atoms with van der Waals surface area (Å²) in [6.45, 7) is 7.13. The summed E-state index contributed by atoms with van der Waals surface area (Å²) in [6, 6.07) is 10.5. The number of amides is 1. The number of methoxy groups -OCH3 is 1. The van der Waals surface area contributed by atoms with E-state index in [2.05, 4.69) is 30.8 Å². The molecule has 2 aromatic carbocycles. The first-order valence-corrected chi connectivity index (χ1v) is 13.5. The summed E-state index contributed by atoms with van der Waals surface area (Å²) >= 11 is 0. The Labute approximate surface area is 236 Å². The number of hydrogen-bond acceptors (Lipinski definition) is 8. The standard InChI is InChI=1S/C29H33F3N6O3/c1-28(2)24-18(7-6-8-22(24)35-26(28)39)16-33-25-20(29(30,31)32)17-34-27(37-25)36-21-10-9-19(15-23(21)40-3)41-14-13-38-11-4-5-12-38/h6-10,15,17H,4-5,11-14,16H2,1-3H3,(H,35,39)(H2,33,34,36,37). The third-order valence-electron chi connectivity index (χ3n) is 7.43. The summed E-state index contributed by atoms with van der Waals surface area (Å²) in [6.07, 6.45) is -1.52. The SMILES string of the molecule is COc1cc(OCCN2CCCC2)ccc1Nc1ncc(C(F)(F)F)c(NCc2cccc3c2C(C)(C)C(=O)N3)n1. The topological polar surface area (TPSA) is 101 Å². The lowest BCUT2D eigenvalue weighted by atomic mass is 9.83. The Balaban J connectivity index is 1.33. The fourth-order valence-corrected chi connectivity index (χ4v) is 5.23. The van der Waals surface area contributed by atoms with Crippen molar-refractivity contribution in [2.75, 3.05) is 49.3 Å². The number of nitrogens with one attached hydrogen (secondary N) is 3. The lowest BCUT2D eigenvalue weighted by Crippen LogP contribution is -2.28. The van der Waals surface area contributed by atoms with Crippen molar-refractivity contribution in [1.29, 1.82) is 0 Å². The summed E-state index contributed by atoms with van der Waals surface area (Å²) in [5.41, 5.74) is 0.727. The molecule has 0 atom stereocenters. The van der Waals surface area contributed by atoms with Crippen LogP contribution in [0.15, 0.2) is 42.6 Å². The number of aromatic nitrogens is 2. The van der Waals surface area contributed by atoms with Gasteiger partial charge in [-0.25, -0.2) is 4.98 Å². The zero-order valence-corrected chi connectivity index (χ0v) is 23.2. The molecule has 1 aromatic heterocycles. The molecule has 1 fully saturated rings. The van der Waals surface area contributed by atoms with E-state index in [1.807, 2.05) is 0 Å². The Hall–Kier alpha value is -4.06. The number of carbonyl (C=O) groups is 1. The van der Waals surface area contributed by atoms with E-state index in [0.717, 1.165) is 31.4 Å². The number of anilines is 4. The smallest absolute Gasteiger partial charge is 0.421 e. The van der Waals surface area contributed by atoms with Crippen molar-refractivity contribution in [2.24, 2.45) is 0 Å². The predicted molar refractivity (Wildman–Crippen MR) is 150 cm³/mol. The normalized spacial score (nSPS) is 16.3. The number of nitrogens with zero attached hydrogens (tertiary/aromatic N) is 3. The molecule has 9 nitrogen and oxygen atoms in total. The maximum Gasteiger partial charge on any atom is 0.421 e.